The highest BCUT2D eigenvalue weighted by Gasteiger charge is 2.23. The molecule has 0 aliphatic heterocycles. The van der Waals surface area contributed by atoms with Gasteiger partial charge in [-0.3, -0.25) is 9.36 Å². The van der Waals surface area contributed by atoms with Crippen LogP contribution in [-0.2, 0) is 29.1 Å². The van der Waals surface area contributed by atoms with E-state index < -0.39 is 5.97 Å². The summed E-state index contributed by atoms with van der Waals surface area (Å²) < 4.78 is 12.5. The number of ether oxygens (including phenoxy) is 2. The largest absolute Gasteiger partial charge is 0.486 e. The average Bonchev–Trinajstić information content (AvgIpc) is 3.36. The summed E-state index contributed by atoms with van der Waals surface area (Å²) in [6.07, 6.45) is 2.39. The number of hydrogen-bond acceptors (Lipinski definition) is 8. The Morgan fingerprint density at radius 2 is 2.03 bits per heavy atom. The van der Waals surface area contributed by atoms with E-state index in [1.54, 1.807) is 30.3 Å². The minimum atomic E-state index is -0.458. The molecule has 3 aromatic rings. The maximum Gasteiger partial charge on any atom is 0.341 e. The van der Waals surface area contributed by atoms with Crippen molar-refractivity contribution in [2.24, 2.45) is 0 Å². The van der Waals surface area contributed by atoms with Crippen LogP contribution >= 0.6 is 34.7 Å². The number of carbonyl (C=O) groups excluding carboxylic acids is 2. The highest BCUT2D eigenvalue weighted by molar-refractivity contribution is 7.99. The smallest absolute Gasteiger partial charge is 0.341 e. The van der Waals surface area contributed by atoms with Gasteiger partial charge in [0.25, 0.3) is 0 Å². The molecule has 0 bridgehead atoms. The van der Waals surface area contributed by atoms with Gasteiger partial charge in [-0.2, -0.15) is 0 Å². The predicted molar refractivity (Wildman–Crippen MR) is 135 cm³/mol. The Balaban J connectivity index is 1.67. The van der Waals surface area contributed by atoms with E-state index in [2.05, 4.69) is 22.1 Å². The molecule has 11 heteroatoms. The Bertz CT molecular complexity index is 1170. The van der Waals surface area contributed by atoms with Crippen LogP contribution in [0.15, 0.2) is 42.1 Å². The van der Waals surface area contributed by atoms with Crippen LogP contribution in [0, 0.1) is 6.92 Å². The highest BCUT2D eigenvalue weighted by Crippen LogP contribution is 2.34. The summed E-state index contributed by atoms with van der Waals surface area (Å²) in [7, 11) is 1.33. The number of thioether (sulfide) groups is 1. The van der Waals surface area contributed by atoms with Crippen molar-refractivity contribution in [3.05, 3.63) is 63.8 Å². The van der Waals surface area contributed by atoms with E-state index in [1.807, 2.05) is 18.4 Å². The minimum absolute atomic E-state index is 0.0896. The van der Waals surface area contributed by atoms with Gasteiger partial charge in [0, 0.05) is 16.4 Å². The van der Waals surface area contributed by atoms with Crippen LogP contribution in [-0.4, -0.2) is 39.5 Å². The molecule has 1 N–H and O–H groups in total. The van der Waals surface area contributed by atoms with Crippen molar-refractivity contribution in [3.8, 4) is 5.75 Å². The van der Waals surface area contributed by atoms with Crippen LogP contribution < -0.4 is 10.1 Å². The molecule has 0 aliphatic rings. The highest BCUT2D eigenvalue weighted by atomic mass is 35.5. The zero-order valence-corrected chi connectivity index (χ0v) is 21.5. The number of halogens is 1. The Labute approximate surface area is 211 Å². The molecule has 180 valence electrons. The van der Waals surface area contributed by atoms with E-state index in [4.69, 9.17) is 21.1 Å². The zero-order valence-electron chi connectivity index (χ0n) is 19.1. The summed E-state index contributed by atoms with van der Waals surface area (Å²) in [6, 6.07) is 7.04. The summed E-state index contributed by atoms with van der Waals surface area (Å²) in [5.74, 6) is 0.635. The number of esters is 1. The van der Waals surface area contributed by atoms with Crippen LogP contribution in [0.25, 0.3) is 0 Å². The van der Waals surface area contributed by atoms with Crippen molar-refractivity contribution in [1.29, 1.82) is 0 Å². The van der Waals surface area contributed by atoms with Gasteiger partial charge in [-0.1, -0.05) is 36.4 Å². The van der Waals surface area contributed by atoms with E-state index in [9.17, 15) is 9.59 Å². The summed E-state index contributed by atoms with van der Waals surface area (Å²) in [4.78, 5) is 25.9. The predicted octanol–water partition coefficient (Wildman–Crippen LogP) is 5.15. The molecule has 2 aromatic heterocycles. The van der Waals surface area contributed by atoms with Crippen molar-refractivity contribution >= 4 is 51.6 Å². The maximum absolute atomic E-state index is 12.7. The van der Waals surface area contributed by atoms with E-state index in [0.29, 0.717) is 45.3 Å². The number of allylic oxidation sites excluding steroid dienone is 1. The molecule has 0 spiro atoms. The van der Waals surface area contributed by atoms with Gasteiger partial charge in [-0.25, -0.2) is 4.79 Å². The molecule has 8 nitrogen and oxygen atoms in total. The van der Waals surface area contributed by atoms with Gasteiger partial charge >= 0.3 is 5.97 Å². The Morgan fingerprint density at radius 1 is 1.29 bits per heavy atom. The molecule has 0 aliphatic carbocycles. The summed E-state index contributed by atoms with van der Waals surface area (Å²) in [5.41, 5.74) is 1.30. The van der Waals surface area contributed by atoms with Gasteiger partial charge < -0.3 is 14.8 Å². The van der Waals surface area contributed by atoms with Crippen LogP contribution in [0.3, 0.4) is 0 Å². The summed E-state index contributed by atoms with van der Waals surface area (Å²) in [5, 5.41) is 12.9. The third-order valence-electron chi connectivity index (χ3n) is 4.82. The van der Waals surface area contributed by atoms with Crippen molar-refractivity contribution in [1.82, 2.24) is 14.8 Å². The van der Waals surface area contributed by atoms with Gasteiger partial charge in [0.05, 0.1) is 18.4 Å². The first-order valence-electron chi connectivity index (χ1n) is 10.4. The molecule has 0 radical (unpaired) electrons. The fraction of sp³-hybridized carbons (Fsp3) is 0.304. The Hall–Kier alpha value is -2.82. The van der Waals surface area contributed by atoms with Gasteiger partial charge in [0.2, 0.25) is 5.91 Å². The quantitative estimate of drug-likeness (QED) is 0.212. The Morgan fingerprint density at radius 3 is 2.68 bits per heavy atom. The lowest BCUT2D eigenvalue weighted by Gasteiger charge is -2.09. The molecule has 0 saturated heterocycles. The van der Waals surface area contributed by atoms with E-state index in [0.717, 1.165) is 10.4 Å². The third kappa shape index (κ3) is 6.19. The normalized spacial score (nSPS) is 10.7. The third-order valence-corrected chi connectivity index (χ3v) is 7.11. The second-order valence-corrected chi connectivity index (χ2v) is 9.67. The SMILES string of the molecule is C=CCn1c(COc2ccc(Cl)cc2)nnc1SCC(=O)Nc1sc(C)c(CC)c1C(=O)OC. The van der Waals surface area contributed by atoms with Crippen molar-refractivity contribution in [3.63, 3.8) is 0 Å². The molecular formula is C23H25ClN4O4S2. The minimum Gasteiger partial charge on any atom is -0.486 e. The number of nitrogens with one attached hydrogen (secondary N) is 1. The van der Waals surface area contributed by atoms with E-state index in [-0.39, 0.29) is 18.3 Å². The molecule has 1 amide bonds. The number of rotatable bonds is 11. The van der Waals surface area contributed by atoms with Gasteiger partial charge in [-0.15, -0.1) is 28.1 Å². The monoisotopic (exact) mass is 520 g/mol. The number of carbonyl (C=O) groups is 2. The average molecular weight is 521 g/mol. The molecule has 1 aromatic carbocycles. The molecular weight excluding hydrogens is 496 g/mol. The number of hydrogen-bond donors (Lipinski definition) is 1. The van der Waals surface area contributed by atoms with Crippen molar-refractivity contribution in [2.45, 2.75) is 38.6 Å². The Kier molecular flexibility index (Phi) is 9.14. The number of nitrogens with zero attached hydrogens (tertiary/aromatic N) is 3. The molecule has 3 rings (SSSR count). The lowest BCUT2D eigenvalue weighted by atomic mass is 10.1. The number of anilines is 1. The number of benzene rings is 1. The fourth-order valence-electron chi connectivity index (χ4n) is 3.23. The lowest BCUT2D eigenvalue weighted by molar-refractivity contribution is -0.113. The second kappa shape index (κ2) is 12.0. The van der Waals surface area contributed by atoms with E-state index in [1.165, 1.54) is 30.2 Å². The van der Waals surface area contributed by atoms with Crippen molar-refractivity contribution < 1.29 is 19.1 Å². The van der Waals surface area contributed by atoms with Gasteiger partial charge in [0.15, 0.2) is 11.0 Å². The standard InChI is InChI=1S/C23H25ClN4O4S2/c1-5-11-28-18(12-32-16-9-7-15(24)8-10-16)26-27-23(28)33-13-19(29)25-21-20(22(30)31-4)17(6-2)14(3)34-21/h5,7-10H,1,6,11-13H2,2-4H3,(H,25,29). The molecule has 0 fully saturated rings. The topological polar surface area (TPSA) is 95.3 Å². The first-order chi connectivity index (χ1) is 16.4. The van der Waals surface area contributed by atoms with Gasteiger partial charge in [-0.05, 0) is 43.2 Å². The van der Waals surface area contributed by atoms with Crippen LogP contribution in [0.1, 0.15) is 33.5 Å². The summed E-state index contributed by atoms with van der Waals surface area (Å²) >= 11 is 8.51. The molecule has 0 saturated carbocycles. The molecule has 34 heavy (non-hydrogen) atoms. The second-order valence-electron chi connectivity index (χ2n) is 7.06. The van der Waals surface area contributed by atoms with Crippen LogP contribution in [0.5, 0.6) is 5.75 Å². The summed E-state index contributed by atoms with van der Waals surface area (Å²) in [6.45, 7) is 8.34. The zero-order chi connectivity index (χ0) is 24.7. The lowest BCUT2D eigenvalue weighted by Crippen LogP contribution is -2.17. The first-order valence-corrected chi connectivity index (χ1v) is 12.6. The van der Waals surface area contributed by atoms with Gasteiger partial charge in [0.1, 0.15) is 17.4 Å². The number of aromatic nitrogens is 3. The fourth-order valence-corrected chi connectivity index (χ4v) is 5.27. The number of amides is 1. The van der Waals surface area contributed by atoms with Crippen LogP contribution in [0.2, 0.25) is 5.02 Å². The number of aryl methyl sites for hydroxylation is 1. The van der Waals surface area contributed by atoms with E-state index >= 15 is 0 Å². The van der Waals surface area contributed by atoms with Crippen LogP contribution in [0.4, 0.5) is 5.00 Å². The molecule has 2 heterocycles. The maximum atomic E-state index is 12.7. The number of methoxy groups -OCH3 is 1. The number of thiophene rings is 1. The molecule has 0 atom stereocenters. The molecule has 0 unspecified atom stereocenters. The first kappa shape index (κ1) is 25.8. The van der Waals surface area contributed by atoms with Crippen molar-refractivity contribution in [2.75, 3.05) is 18.2 Å².